The SMILES string of the molecule is COc1cc(O)c(F)c(C2CCNC2)c1. The van der Waals surface area contributed by atoms with Gasteiger partial charge in [0.15, 0.2) is 11.6 Å². The second-order valence-electron chi connectivity index (χ2n) is 3.74. The maximum absolute atomic E-state index is 13.6. The molecule has 1 fully saturated rings. The summed E-state index contributed by atoms with van der Waals surface area (Å²) < 4.78 is 18.6. The Balaban J connectivity index is 2.39. The topological polar surface area (TPSA) is 41.5 Å². The van der Waals surface area contributed by atoms with E-state index < -0.39 is 5.82 Å². The molecule has 3 nitrogen and oxygen atoms in total. The van der Waals surface area contributed by atoms with Crippen LogP contribution in [-0.2, 0) is 0 Å². The second-order valence-corrected chi connectivity index (χ2v) is 3.74. The molecule has 0 spiro atoms. The summed E-state index contributed by atoms with van der Waals surface area (Å²) in [5, 5.41) is 12.6. The van der Waals surface area contributed by atoms with E-state index in [-0.39, 0.29) is 11.7 Å². The number of phenols is 1. The van der Waals surface area contributed by atoms with Crippen LogP contribution in [0.15, 0.2) is 12.1 Å². The summed E-state index contributed by atoms with van der Waals surface area (Å²) in [6.07, 6.45) is 0.892. The van der Waals surface area contributed by atoms with Crippen LogP contribution in [-0.4, -0.2) is 25.3 Å². The average Bonchev–Trinajstić information content (AvgIpc) is 2.75. The summed E-state index contributed by atoms with van der Waals surface area (Å²) in [5.74, 6) is -0.234. The van der Waals surface area contributed by atoms with E-state index in [1.807, 2.05) is 0 Å². The fraction of sp³-hybridized carbons (Fsp3) is 0.455. The molecule has 0 saturated carbocycles. The fourth-order valence-electron chi connectivity index (χ4n) is 1.94. The Hall–Kier alpha value is -1.29. The molecule has 1 saturated heterocycles. The quantitative estimate of drug-likeness (QED) is 0.781. The van der Waals surface area contributed by atoms with E-state index >= 15 is 0 Å². The molecule has 15 heavy (non-hydrogen) atoms. The van der Waals surface area contributed by atoms with Crippen molar-refractivity contribution in [2.75, 3.05) is 20.2 Å². The molecular weight excluding hydrogens is 197 g/mol. The van der Waals surface area contributed by atoms with Gasteiger partial charge in [-0.3, -0.25) is 0 Å². The number of rotatable bonds is 2. The Bertz CT molecular complexity index is 362. The Morgan fingerprint density at radius 2 is 2.33 bits per heavy atom. The minimum absolute atomic E-state index is 0.131. The normalized spacial score (nSPS) is 20.5. The minimum atomic E-state index is -0.524. The van der Waals surface area contributed by atoms with Crippen molar-refractivity contribution >= 4 is 0 Å². The summed E-state index contributed by atoms with van der Waals surface area (Å²) in [6.45, 7) is 1.64. The molecule has 0 amide bonds. The highest BCUT2D eigenvalue weighted by atomic mass is 19.1. The van der Waals surface area contributed by atoms with Gasteiger partial charge in [-0.2, -0.15) is 0 Å². The van der Waals surface area contributed by atoms with E-state index in [0.29, 0.717) is 11.3 Å². The van der Waals surface area contributed by atoms with Crippen LogP contribution in [0.5, 0.6) is 11.5 Å². The van der Waals surface area contributed by atoms with Gasteiger partial charge >= 0.3 is 0 Å². The second kappa shape index (κ2) is 4.06. The van der Waals surface area contributed by atoms with Crippen LogP contribution in [0.1, 0.15) is 17.9 Å². The number of benzene rings is 1. The average molecular weight is 211 g/mol. The summed E-state index contributed by atoms with van der Waals surface area (Å²) >= 11 is 0. The van der Waals surface area contributed by atoms with Gasteiger partial charge in [0.1, 0.15) is 5.75 Å². The Morgan fingerprint density at radius 1 is 1.53 bits per heavy atom. The molecule has 2 N–H and O–H groups in total. The lowest BCUT2D eigenvalue weighted by molar-refractivity contribution is 0.392. The van der Waals surface area contributed by atoms with Crippen LogP contribution >= 0.6 is 0 Å². The van der Waals surface area contributed by atoms with Crippen LogP contribution in [0, 0.1) is 5.82 Å². The smallest absolute Gasteiger partial charge is 0.168 e. The minimum Gasteiger partial charge on any atom is -0.505 e. The van der Waals surface area contributed by atoms with Crippen LogP contribution in [0.3, 0.4) is 0 Å². The van der Waals surface area contributed by atoms with Gasteiger partial charge < -0.3 is 15.2 Å². The van der Waals surface area contributed by atoms with Crippen molar-refractivity contribution in [1.29, 1.82) is 0 Å². The molecule has 0 aliphatic carbocycles. The Morgan fingerprint density at radius 3 is 2.93 bits per heavy atom. The molecule has 1 atom stereocenters. The summed E-state index contributed by atoms with van der Waals surface area (Å²) in [5.41, 5.74) is 0.539. The molecule has 1 heterocycles. The maximum Gasteiger partial charge on any atom is 0.168 e. The lowest BCUT2D eigenvalue weighted by Gasteiger charge is -2.12. The molecule has 4 heteroatoms. The summed E-state index contributed by atoms with van der Waals surface area (Å²) in [6, 6.07) is 2.95. The molecule has 2 rings (SSSR count). The number of nitrogens with one attached hydrogen (secondary N) is 1. The number of methoxy groups -OCH3 is 1. The van der Waals surface area contributed by atoms with E-state index in [4.69, 9.17) is 4.74 Å². The Labute approximate surface area is 87.9 Å². The number of aromatic hydroxyl groups is 1. The highest BCUT2D eigenvalue weighted by Crippen LogP contribution is 2.33. The zero-order valence-corrected chi connectivity index (χ0v) is 8.59. The molecule has 0 radical (unpaired) electrons. The zero-order chi connectivity index (χ0) is 10.8. The fourth-order valence-corrected chi connectivity index (χ4v) is 1.94. The molecule has 1 unspecified atom stereocenters. The highest BCUT2D eigenvalue weighted by molar-refractivity contribution is 5.41. The first-order valence-electron chi connectivity index (χ1n) is 4.99. The van der Waals surface area contributed by atoms with Gasteiger partial charge in [0, 0.05) is 18.5 Å². The molecule has 0 bridgehead atoms. The lowest BCUT2D eigenvalue weighted by atomic mass is 9.97. The van der Waals surface area contributed by atoms with E-state index in [0.717, 1.165) is 19.5 Å². The number of halogens is 1. The van der Waals surface area contributed by atoms with Gasteiger partial charge in [0.25, 0.3) is 0 Å². The third kappa shape index (κ3) is 1.90. The third-order valence-corrected chi connectivity index (χ3v) is 2.79. The number of phenolic OH excluding ortho intramolecular Hbond substituents is 1. The first-order valence-corrected chi connectivity index (χ1v) is 4.99. The molecule has 1 aliphatic heterocycles. The standard InChI is InChI=1S/C11H14FNO2/c1-15-8-4-9(7-2-3-13-6-7)11(12)10(14)5-8/h4-5,7,13-14H,2-3,6H2,1H3. The molecule has 82 valence electrons. The van der Waals surface area contributed by atoms with Crippen molar-refractivity contribution in [3.8, 4) is 11.5 Å². The van der Waals surface area contributed by atoms with Gasteiger partial charge in [-0.25, -0.2) is 4.39 Å². The van der Waals surface area contributed by atoms with Crippen molar-refractivity contribution < 1.29 is 14.2 Å². The lowest BCUT2D eigenvalue weighted by Crippen LogP contribution is -2.09. The van der Waals surface area contributed by atoms with E-state index in [2.05, 4.69) is 5.32 Å². The highest BCUT2D eigenvalue weighted by Gasteiger charge is 2.22. The van der Waals surface area contributed by atoms with Gasteiger partial charge in [-0.15, -0.1) is 0 Å². The molecule has 1 aromatic rings. The van der Waals surface area contributed by atoms with E-state index in [1.54, 1.807) is 6.07 Å². The zero-order valence-electron chi connectivity index (χ0n) is 8.59. The van der Waals surface area contributed by atoms with Crippen molar-refractivity contribution in [2.24, 2.45) is 0 Å². The first kappa shape index (κ1) is 10.2. The van der Waals surface area contributed by atoms with Gasteiger partial charge in [0.05, 0.1) is 7.11 Å². The van der Waals surface area contributed by atoms with Gasteiger partial charge in [0.2, 0.25) is 0 Å². The Kier molecular flexibility index (Phi) is 2.77. The number of ether oxygens (including phenoxy) is 1. The van der Waals surface area contributed by atoms with Crippen LogP contribution in [0.4, 0.5) is 4.39 Å². The monoisotopic (exact) mass is 211 g/mol. The van der Waals surface area contributed by atoms with E-state index in [9.17, 15) is 9.50 Å². The summed E-state index contributed by atoms with van der Waals surface area (Å²) in [4.78, 5) is 0. The number of hydrogen-bond donors (Lipinski definition) is 2. The molecular formula is C11H14FNO2. The van der Waals surface area contributed by atoms with Gasteiger partial charge in [-0.05, 0) is 24.6 Å². The van der Waals surface area contributed by atoms with Crippen molar-refractivity contribution in [1.82, 2.24) is 5.32 Å². The van der Waals surface area contributed by atoms with Gasteiger partial charge in [-0.1, -0.05) is 0 Å². The third-order valence-electron chi connectivity index (χ3n) is 2.79. The van der Waals surface area contributed by atoms with Crippen molar-refractivity contribution in [2.45, 2.75) is 12.3 Å². The van der Waals surface area contributed by atoms with Crippen molar-refractivity contribution in [3.63, 3.8) is 0 Å². The summed E-state index contributed by atoms with van der Waals surface area (Å²) in [7, 11) is 1.50. The number of hydrogen-bond acceptors (Lipinski definition) is 3. The predicted molar refractivity (Wildman–Crippen MR) is 54.8 cm³/mol. The molecule has 0 aromatic heterocycles. The maximum atomic E-state index is 13.6. The molecule has 1 aromatic carbocycles. The van der Waals surface area contributed by atoms with Crippen LogP contribution < -0.4 is 10.1 Å². The van der Waals surface area contributed by atoms with Crippen molar-refractivity contribution in [3.05, 3.63) is 23.5 Å². The predicted octanol–water partition coefficient (Wildman–Crippen LogP) is 1.62. The first-order chi connectivity index (χ1) is 7.22. The van der Waals surface area contributed by atoms with Crippen LogP contribution in [0.2, 0.25) is 0 Å². The van der Waals surface area contributed by atoms with Crippen LogP contribution in [0.25, 0.3) is 0 Å². The molecule has 1 aliphatic rings. The largest absolute Gasteiger partial charge is 0.505 e. The van der Waals surface area contributed by atoms with E-state index in [1.165, 1.54) is 13.2 Å².